The Labute approximate surface area is 118 Å². The SMILES string of the molecule is CCCNC(CCC(C)C)c1c(F)cccc1Br. The Balaban J connectivity index is 2.86. The average Bonchev–Trinajstić information content (AvgIpc) is 2.31. The van der Waals surface area contributed by atoms with Crippen molar-refractivity contribution in [2.24, 2.45) is 5.92 Å². The first-order valence-corrected chi connectivity index (χ1v) is 7.52. The van der Waals surface area contributed by atoms with E-state index in [9.17, 15) is 4.39 Å². The maximum Gasteiger partial charge on any atom is 0.129 e. The third-order valence-corrected chi connectivity index (χ3v) is 3.71. The number of hydrogen-bond donors (Lipinski definition) is 1. The van der Waals surface area contributed by atoms with Crippen LogP contribution in [0.15, 0.2) is 22.7 Å². The minimum Gasteiger partial charge on any atom is -0.310 e. The molecule has 1 unspecified atom stereocenters. The summed E-state index contributed by atoms with van der Waals surface area (Å²) in [5.41, 5.74) is 0.770. The molecule has 0 fully saturated rings. The Morgan fingerprint density at radius 1 is 1.28 bits per heavy atom. The maximum absolute atomic E-state index is 14.0. The topological polar surface area (TPSA) is 12.0 Å². The van der Waals surface area contributed by atoms with E-state index in [2.05, 4.69) is 42.0 Å². The third-order valence-electron chi connectivity index (χ3n) is 3.02. The van der Waals surface area contributed by atoms with E-state index < -0.39 is 0 Å². The van der Waals surface area contributed by atoms with Crippen molar-refractivity contribution in [3.05, 3.63) is 34.1 Å². The van der Waals surface area contributed by atoms with Crippen LogP contribution in [0.5, 0.6) is 0 Å². The molecule has 0 radical (unpaired) electrons. The van der Waals surface area contributed by atoms with Crippen molar-refractivity contribution in [1.82, 2.24) is 5.32 Å². The Kier molecular flexibility index (Phi) is 6.87. The zero-order valence-corrected chi connectivity index (χ0v) is 13.1. The predicted octanol–water partition coefficient (Wildman–Crippen LogP) is 5.07. The van der Waals surface area contributed by atoms with Crippen LogP contribution in [0.25, 0.3) is 0 Å². The van der Waals surface area contributed by atoms with Crippen molar-refractivity contribution in [3.8, 4) is 0 Å². The molecule has 0 aliphatic heterocycles. The quantitative estimate of drug-likeness (QED) is 0.741. The molecule has 0 aliphatic rings. The third kappa shape index (κ3) is 4.69. The van der Waals surface area contributed by atoms with Gasteiger partial charge in [-0.05, 0) is 43.9 Å². The summed E-state index contributed by atoms with van der Waals surface area (Å²) in [7, 11) is 0. The van der Waals surface area contributed by atoms with Gasteiger partial charge in [0.2, 0.25) is 0 Å². The molecule has 0 amide bonds. The standard InChI is InChI=1S/C15H23BrFN/c1-4-10-18-14(9-8-11(2)3)15-12(16)6-5-7-13(15)17/h5-7,11,14,18H,4,8-10H2,1-3H3. The monoisotopic (exact) mass is 315 g/mol. The van der Waals surface area contributed by atoms with Gasteiger partial charge in [0, 0.05) is 16.1 Å². The van der Waals surface area contributed by atoms with Crippen LogP contribution < -0.4 is 5.32 Å². The summed E-state index contributed by atoms with van der Waals surface area (Å²) >= 11 is 3.47. The van der Waals surface area contributed by atoms with Crippen molar-refractivity contribution >= 4 is 15.9 Å². The fraction of sp³-hybridized carbons (Fsp3) is 0.600. The smallest absolute Gasteiger partial charge is 0.129 e. The van der Waals surface area contributed by atoms with E-state index in [-0.39, 0.29) is 11.9 Å². The maximum atomic E-state index is 14.0. The molecule has 0 heterocycles. The number of benzene rings is 1. The molecule has 102 valence electrons. The molecule has 0 spiro atoms. The fourth-order valence-corrected chi connectivity index (χ4v) is 2.63. The van der Waals surface area contributed by atoms with Crippen molar-refractivity contribution in [2.45, 2.75) is 46.1 Å². The highest BCUT2D eigenvalue weighted by Crippen LogP contribution is 2.30. The molecular weight excluding hydrogens is 293 g/mol. The highest BCUT2D eigenvalue weighted by molar-refractivity contribution is 9.10. The number of hydrogen-bond acceptors (Lipinski definition) is 1. The van der Waals surface area contributed by atoms with Gasteiger partial charge in [-0.2, -0.15) is 0 Å². The van der Waals surface area contributed by atoms with Gasteiger partial charge in [-0.1, -0.05) is 42.8 Å². The van der Waals surface area contributed by atoms with E-state index in [0.717, 1.165) is 35.8 Å². The molecule has 0 saturated carbocycles. The zero-order chi connectivity index (χ0) is 13.5. The second-order valence-corrected chi connectivity index (χ2v) is 5.97. The normalized spacial score (nSPS) is 13.0. The molecule has 0 saturated heterocycles. The lowest BCUT2D eigenvalue weighted by Gasteiger charge is -2.21. The molecule has 1 aromatic rings. The second kappa shape index (κ2) is 7.90. The number of rotatable bonds is 7. The molecule has 1 rings (SSSR count). The molecule has 1 nitrogen and oxygen atoms in total. The van der Waals surface area contributed by atoms with Gasteiger partial charge in [0.15, 0.2) is 0 Å². The zero-order valence-electron chi connectivity index (χ0n) is 11.5. The minimum absolute atomic E-state index is 0.0999. The van der Waals surface area contributed by atoms with Crippen LogP contribution in [0.1, 0.15) is 51.6 Å². The molecule has 0 aromatic heterocycles. The summed E-state index contributed by atoms with van der Waals surface area (Å²) in [4.78, 5) is 0. The fourth-order valence-electron chi connectivity index (χ4n) is 2.01. The van der Waals surface area contributed by atoms with E-state index in [4.69, 9.17) is 0 Å². The first kappa shape index (κ1) is 15.6. The van der Waals surface area contributed by atoms with Crippen LogP contribution in [0.3, 0.4) is 0 Å². The molecule has 1 N–H and O–H groups in total. The van der Waals surface area contributed by atoms with Gasteiger partial charge in [0.25, 0.3) is 0 Å². The first-order valence-electron chi connectivity index (χ1n) is 6.73. The Hall–Kier alpha value is -0.410. The number of nitrogens with one attached hydrogen (secondary N) is 1. The molecular formula is C15H23BrFN. The van der Waals surface area contributed by atoms with Crippen LogP contribution in [0.2, 0.25) is 0 Å². The van der Waals surface area contributed by atoms with Crippen molar-refractivity contribution < 1.29 is 4.39 Å². The van der Waals surface area contributed by atoms with Gasteiger partial charge in [-0.3, -0.25) is 0 Å². The summed E-state index contributed by atoms with van der Waals surface area (Å²) in [5, 5.41) is 3.45. The minimum atomic E-state index is -0.123. The predicted molar refractivity (Wildman–Crippen MR) is 79.2 cm³/mol. The largest absolute Gasteiger partial charge is 0.310 e. The lowest BCUT2D eigenvalue weighted by Crippen LogP contribution is -2.24. The highest BCUT2D eigenvalue weighted by atomic mass is 79.9. The van der Waals surface area contributed by atoms with Gasteiger partial charge in [0.05, 0.1) is 0 Å². The van der Waals surface area contributed by atoms with Gasteiger partial charge in [-0.15, -0.1) is 0 Å². The lowest BCUT2D eigenvalue weighted by molar-refractivity contribution is 0.426. The van der Waals surface area contributed by atoms with Crippen molar-refractivity contribution in [3.63, 3.8) is 0 Å². The molecule has 0 aliphatic carbocycles. The van der Waals surface area contributed by atoms with Gasteiger partial charge >= 0.3 is 0 Å². The van der Waals surface area contributed by atoms with E-state index >= 15 is 0 Å². The van der Waals surface area contributed by atoms with E-state index in [1.54, 1.807) is 6.07 Å². The summed E-state index contributed by atoms with van der Waals surface area (Å²) in [6.45, 7) is 7.45. The molecule has 0 bridgehead atoms. The van der Waals surface area contributed by atoms with Gasteiger partial charge < -0.3 is 5.32 Å². The Morgan fingerprint density at radius 3 is 2.56 bits per heavy atom. The second-order valence-electron chi connectivity index (χ2n) is 5.11. The molecule has 1 atom stereocenters. The summed E-state index contributed by atoms with van der Waals surface area (Å²) in [5.74, 6) is 0.517. The molecule has 1 aromatic carbocycles. The Morgan fingerprint density at radius 2 is 2.00 bits per heavy atom. The van der Waals surface area contributed by atoms with Gasteiger partial charge in [-0.25, -0.2) is 4.39 Å². The summed E-state index contributed by atoms with van der Waals surface area (Å²) < 4.78 is 14.8. The molecule has 18 heavy (non-hydrogen) atoms. The average molecular weight is 316 g/mol. The lowest BCUT2D eigenvalue weighted by atomic mass is 9.97. The van der Waals surface area contributed by atoms with Crippen molar-refractivity contribution in [2.75, 3.05) is 6.54 Å². The van der Waals surface area contributed by atoms with Crippen molar-refractivity contribution in [1.29, 1.82) is 0 Å². The van der Waals surface area contributed by atoms with E-state index in [1.807, 2.05) is 6.07 Å². The van der Waals surface area contributed by atoms with Gasteiger partial charge in [0.1, 0.15) is 5.82 Å². The highest BCUT2D eigenvalue weighted by Gasteiger charge is 2.18. The van der Waals surface area contributed by atoms with E-state index in [0.29, 0.717) is 5.92 Å². The first-order chi connectivity index (χ1) is 8.56. The van der Waals surface area contributed by atoms with Crippen LogP contribution in [0.4, 0.5) is 4.39 Å². The Bertz CT molecular complexity index is 345. The summed E-state index contributed by atoms with van der Waals surface area (Å²) in [6.07, 6.45) is 3.13. The van der Waals surface area contributed by atoms with Crippen LogP contribution in [-0.4, -0.2) is 6.54 Å². The van der Waals surface area contributed by atoms with Crippen LogP contribution in [-0.2, 0) is 0 Å². The number of halogens is 2. The van der Waals surface area contributed by atoms with E-state index in [1.165, 1.54) is 6.07 Å². The van der Waals surface area contributed by atoms with Crippen LogP contribution in [0, 0.1) is 11.7 Å². The molecule has 3 heteroatoms. The van der Waals surface area contributed by atoms with Crippen LogP contribution >= 0.6 is 15.9 Å². The summed E-state index contributed by atoms with van der Waals surface area (Å²) in [6, 6.07) is 5.29.